The highest BCUT2D eigenvalue weighted by Gasteiger charge is 2.23. The minimum Gasteiger partial charge on any atom is -0.351 e. The van der Waals surface area contributed by atoms with Gasteiger partial charge < -0.3 is 5.73 Å². The van der Waals surface area contributed by atoms with Crippen molar-refractivity contribution in [3.8, 4) is 5.69 Å². The van der Waals surface area contributed by atoms with E-state index in [-0.39, 0.29) is 0 Å². The normalized spacial score (nSPS) is 12.0. The van der Waals surface area contributed by atoms with Gasteiger partial charge in [-0.15, -0.1) is 10.2 Å². The maximum Gasteiger partial charge on any atom is 0.318 e. The molecule has 3 N–H and O–H groups in total. The third kappa shape index (κ3) is 4.90. The highest BCUT2D eigenvalue weighted by Crippen LogP contribution is 2.30. The number of thioether (sulfide) groups is 1. The molecule has 4 aromatic rings. The van der Waals surface area contributed by atoms with Crippen LogP contribution >= 0.6 is 11.8 Å². The van der Waals surface area contributed by atoms with E-state index in [4.69, 9.17) is 5.73 Å². The van der Waals surface area contributed by atoms with Gasteiger partial charge in [0.1, 0.15) is 5.82 Å². The van der Waals surface area contributed by atoms with Crippen molar-refractivity contribution in [1.82, 2.24) is 20.1 Å². The van der Waals surface area contributed by atoms with Crippen molar-refractivity contribution < 1.29 is 9.59 Å². The number of imide groups is 1. The highest BCUT2D eigenvalue weighted by molar-refractivity contribution is 8.00. The molecule has 0 saturated carbocycles. The first-order valence-corrected chi connectivity index (χ1v) is 11.5. The Morgan fingerprint density at radius 2 is 1.82 bits per heavy atom. The van der Waals surface area contributed by atoms with Crippen molar-refractivity contribution in [3.05, 3.63) is 83.2 Å². The molecule has 33 heavy (non-hydrogen) atoms. The van der Waals surface area contributed by atoms with Gasteiger partial charge in [0.2, 0.25) is 5.91 Å². The lowest BCUT2D eigenvalue weighted by molar-refractivity contribution is -0.119. The van der Waals surface area contributed by atoms with Crippen molar-refractivity contribution in [1.29, 1.82) is 0 Å². The fourth-order valence-corrected chi connectivity index (χ4v) is 4.72. The van der Waals surface area contributed by atoms with Gasteiger partial charge in [0, 0.05) is 6.42 Å². The molecule has 0 radical (unpaired) electrons. The quantitative estimate of drug-likeness (QED) is 0.419. The van der Waals surface area contributed by atoms with Gasteiger partial charge in [-0.2, -0.15) is 0 Å². The molecule has 0 saturated heterocycles. The van der Waals surface area contributed by atoms with Crippen molar-refractivity contribution in [2.24, 2.45) is 5.73 Å². The van der Waals surface area contributed by atoms with Crippen LogP contribution in [0.2, 0.25) is 0 Å². The molecular formula is C25H25N5O2S. The minimum absolute atomic E-state index is 0.474. The third-order valence-electron chi connectivity index (χ3n) is 5.42. The lowest BCUT2D eigenvalue weighted by Gasteiger charge is -2.16. The number of benzene rings is 3. The smallest absolute Gasteiger partial charge is 0.318 e. The summed E-state index contributed by atoms with van der Waals surface area (Å²) in [6, 6.07) is 19.8. The van der Waals surface area contributed by atoms with Gasteiger partial charge in [-0.3, -0.25) is 14.7 Å². The number of rotatable bonds is 6. The number of carbonyl (C=O) groups excluding carboxylic acids is 2. The molecule has 0 aliphatic heterocycles. The Morgan fingerprint density at radius 1 is 1.06 bits per heavy atom. The molecule has 8 heteroatoms. The van der Waals surface area contributed by atoms with Gasteiger partial charge in [0.05, 0.1) is 10.9 Å². The Balaban J connectivity index is 1.77. The lowest BCUT2D eigenvalue weighted by Crippen LogP contribution is -2.39. The molecule has 1 aromatic heterocycles. The number of hydrogen-bond acceptors (Lipinski definition) is 5. The topological polar surface area (TPSA) is 103 Å². The maximum absolute atomic E-state index is 12.3. The summed E-state index contributed by atoms with van der Waals surface area (Å²) in [5, 5.41) is 13.4. The molecule has 168 valence electrons. The number of nitrogens with one attached hydrogen (secondary N) is 1. The second-order valence-electron chi connectivity index (χ2n) is 7.95. The second kappa shape index (κ2) is 9.46. The van der Waals surface area contributed by atoms with E-state index in [1.165, 1.54) is 22.5 Å². The van der Waals surface area contributed by atoms with E-state index in [1.807, 2.05) is 48.7 Å². The first-order chi connectivity index (χ1) is 15.8. The van der Waals surface area contributed by atoms with Crippen LogP contribution in [0.1, 0.15) is 29.4 Å². The van der Waals surface area contributed by atoms with E-state index in [2.05, 4.69) is 45.8 Å². The Bertz CT molecular complexity index is 1340. The summed E-state index contributed by atoms with van der Waals surface area (Å²) in [6.45, 7) is 5.79. The first-order valence-electron chi connectivity index (χ1n) is 10.6. The number of nitrogens with two attached hydrogens (primary N) is 1. The summed E-state index contributed by atoms with van der Waals surface area (Å²) >= 11 is 1.23. The number of hydrogen-bond donors (Lipinski definition) is 2. The van der Waals surface area contributed by atoms with Crippen LogP contribution in [-0.2, 0) is 11.2 Å². The Hall–Kier alpha value is -3.65. The predicted molar refractivity (Wildman–Crippen MR) is 131 cm³/mol. The molecule has 0 aliphatic carbocycles. The minimum atomic E-state index is -0.875. The molecule has 0 fully saturated rings. The Kier molecular flexibility index (Phi) is 6.46. The summed E-state index contributed by atoms with van der Waals surface area (Å²) < 4.78 is 2.00. The zero-order valence-corrected chi connectivity index (χ0v) is 19.5. The van der Waals surface area contributed by atoms with Gasteiger partial charge in [0.15, 0.2) is 5.16 Å². The number of amides is 3. The number of nitrogens with zero attached hydrogens (tertiary/aromatic N) is 3. The molecule has 0 aliphatic rings. The van der Waals surface area contributed by atoms with E-state index in [0.29, 0.717) is 11.6 Å². The molecular weight excluding hydrogens is 434 g/mol. The van der Waals surface area contributed by atoms with Crippen LogP contribution < -0.4 is 11.1 Å². The molecule has 4 rings (SSSR count). The Labute approximate surface area is 196 Å². The number of aromatic nitrogens is 3. The summed E-state index contributed by atoms with van der Waals surface area (Å²) in [7, 11) is 0. The van der Waals surface area contributed by atoms with Crippen molar-refractivity contribution in [2.45, 2.75) is 37.6 Å². The monoisotopic (exact) mass is 459 g/mol. The van der Waals surface area contributed by atoms with Crippen LogP contribution in [-0.4, -0.2) is 32.0 Å². The fourth-order valence-electron chi connectivity index (χ4n) is 3.84. The van der Waals surface area contributed by atoms with Crippen LogP contribution in [0.5, 0.6) is 0 Å². The van der Waals surface area contributed by atoms with E-state index >= 15 is 0 Å². The fraction of sp³-hybridized carbons (Fsp3) is 0.200. The average molecular weight is 460 g/mol. The zero-order valence-electron chi connectivity index (χ0n) is 18.7. The Morgan fingerprint density at radius 3 is 2.58 bits per heavy atom. The molecule has 3 amide bonds. The molecule has 1 unspecified atom stereocenters. The van der Waals surface area contributed by atoms with Gasteiger partial charge in [-0.1, -0.05) is 71.9 Å². The standard InChI is InChI=1S/C25H25N5O2S/c1-15-11-12-21(16(2)13-15)30-22(14-19-9-6-8-18-7-4-5-10-20(18)19)28-29-25(30)33-17(3)23(31)27-24(26)32/h4-13,17H,14H2,1-3H3,(H3,26,27,31,32). The molecule has 0 spiro atoms. The first kappa shape index (κ1) is 22.5. The predicted octanol–water partition coefficient (Wildman–Crippen LogP) is 4.30. The van der Waals surface area contributed by atoms with E-state index in [0.717, 1.165) is 28.2 Å². The van der Waals surface area contributed by atoms with Crippen LogP contribution in [0, 0.1) is 13.8 Å². The molecule has 3 aromatic carbocycles. The van der Waals surface area contributed by atoms with Crippen molar-refractivity contribution in [3.63, 3.8) is 0 Å². The molecule has 1 heterocycles. The number of primary amides is 1. The zero-order chi connectivity index (χ0) is 23.5. The van der Waals surface area contributed by atoms with Gasteiger partial charge in [-0.05, 0) is 48.7 Å². The second-order valence-corrected chi connectivity index (χ2v) is 9.26. The number of urea groups is 1. The number of fused-ring (bicyclic) bond motifs is 1. The molecule has 7 nitrogen and oxygen atoms in total. The maximum atomic E-state index is 12.3. The van der Waals surface area contributed by atoms with Gasteiger partial charge in [-0.25, -0.2) is 4.79 Å². The van der Waals surface area contributed by atoms with E-state index < -0.39 is 17.2 Å². The SMILES string of the molecule is Cc1ccc(-n2c(Cc3cccc4ccccc34)nnc2SC(C)C(=O)NC(N)=O)c(C)c1. The number of aryl methyl sites for hydroxylation is 2. The summed E-state index contributed by atoms with van der Waals surface area (Å²) in [6.07, 6.45) is 0.574. The molecule has 1 atom stereocenters. The largest absolute Gasteiger partial charge is 0.351 e. The highest BCUT2D eigenvalue weighted by atomic mass is 32.2. The summed E-state index contributed by atoms with van der Waals surface area (Å²) in [5.74, 6) is 0.293. The lowest BCUT2D eigenvalue weighted by atomic mass is 10.0. The summed E-state index contributed by atoms with van der Waals surface area (Å²) in [4.78, 5) is 23.4. The van der Waals surface area contributed by atoms with Gasteiger partial charge in [0.25, 0.3) is 0 Å². The van der Waals surface area contributed by atoms with Gasteiger partial charge >= 0.3 is 6.03 Å². The van der Waals surface area contributed by atoms with Crippen LogP contribution in [0.15, 0.2) is 65.8 Å². The number of carbonyl (C=O) groups is 2. The molecule has 0 bridgehead atoms. The summed E-state index contributed by atoms with van der Waals surface area (Å²) in [5.41, 5.74) is 9.42. The van der Waals surface area contributed by atoms with E-state index in [1.54, 1.807) is 6.92 Å². The van der Waals surface area contributed by atoms with Crippen LogP contribution in [0.25, 0.3) is 16.5 Å². The van der Waals surface area contributed by atoms with Crippen LogP contribution in [0.3, 0.4) is 0 Å². The third-order valence-corrected chi connectivity index (χ3v) is 6.46. The van der Waals surface area contributed by atoms with Crippen LogP contribution in [0.4, 0.5) is 4.79 Å². The van der Waals surface area contributed by atoms with Crippen molar-refractivity contribution >= 4 is 34.5 Å². The average Bonchev–Trinajstić information content (AvgIpc) is 3.15. The van der Waals surface area contributed by atoms with Crippen molar-refractivity contribution in [2.75, 3.05) is 0 Å². The van der Waals surface area contributed by atoms with E-state index in [9.17, 15) is 9.59 Å².